The van der Waals surface area contributed by atoms with Crippen LogP contribution in [-0.2, 0) is 6.54 Å². The molecule has 5 rings (SSSR count). The van der Waals surface area contributed by atoms with Crippen molar-refractivity contribution in [2.45, 2.75) is 20.4 Å². The maximum atomic E-state index is 13.9. The second-order valence-electron chi connectivity index (χ2n) is 8.49. The zero-order chi connectivity index (χ0) is 25.2. The fourth-order valence-corrected chi connectivity index (χ4v) is 5.39. The number of ether oxygens (including phenoxy) is 2. The first kappa shape index (κ1) is 24.1. The molecule has 3 heterocycles. The lowest BCUT2D eigenvalue weighted by molar-refractivity contribution is 0.103. The minimum absolute atomic E-state index is 0.0473. The number of hydrogen-bond donors (Lipinski definition) is 0. The van der Waals surface area contributed by atoms with Crippen molar-refractivity contribution >= 4 is 33.9 Å². The minimum Gasteiger partial charge on any atom is -0.493 e. The van der Waals surface area contributed by atoms with Crippen LogP contribution in [0.1, 0.15) is 29.2 Å². The number of rotatable bonds is 10. The van der Waals surface area contributed by atoms with E-state index < -0.39 is 0 Å². The third kappa shape index (κ3) is 4.06. The summed E-state index contributed by atoms with van der Waals surface area (Å²) in [4.78, 5) is 22.1. The maximum absolute atomic E-state index is 13.9. The van der Waals surface area contributed by atoms with E-state index in [2.05, 4.69) is 35.4 Å². The summed E-state index contributed by atoms with van der Waals surface area (Å²) in [6, 6.07) is 17.6. The molecule has 0 bridgehead atoms. The molecule has 0 aliphatic carbocycles. The molecule has 36 heavy (non-hydrogen) atoms. The number of thiophene rings is 1. The number of carbonyl (C=O) groups excluding carboxylic acids is 1. The molecule has 0 atom stereocenters. The first-order valence-electron chi connectivity index (χ1n) is 12.1. The molecule has 0 aliphatic rings. The van der Waals surface area contributed by atoms with Crippen LogP contribution in [0.4, 0.5) is 0 Å². The van der Waals surface area contributed by atoms with Crippen molar-refractivity contribution in [1.82, 2.24) is 18.9 Å². The van der Waals surface area contributed by atoms with Crippen molar-refractivity contribution in [3.05, 3.63) is 70.5 Å². The smallest absolute Gasteiger partial charge is 0.222 e. The van der Waals surface area contributed by atoms with Gasteiger partial charge in [-0.15, -0.1) is 11.3 Å². The third-order valence-electron chi connectivity index (χ3n) is 6.67. The van der Waals surface area contributed by atoms with E-state index >= 15 is 0 Å². The lowest BCUT2D eigenvalue weighted by Crippen LogP contribution is -2.27. The third-order valence-corrected chi connectivity index (χ3v) is 7.53. The van der Waals surface area contributed by atoms with Gasteiger partial charge in [0, 0.05) is 18.7 Å². The maximum Gasteiger partial charge on any atom is 0.222 e. The molecule has 186 valence electrons. The van der Waals surface area contributed by atoms with Gasteiger partial charge in [-0.05, 0) is 54.9 Å². The summed E-state index contributed by atoms with van der Waals surface area (Å²) in [5.41, 5.74) is 4.01. The molecular formula is C28H30N4O3S. The molecule has 0 radical (unpaired) electrons. The number of aromatic nitrogens is 3. The molecule has 0 fully saturated rings. The van der Waals surface area contributed by atoms with Gasteiger partial charge >= 0.3 is 0 Å². The number of benzene rings is 2. The van der Waals surface area contributed by atoms with Crippen LogP contribution in [-0.4, -0.2) is 58.5 Å². The van der Waals surface area contributed by atoms with Gasteiger partial charge in [-0.2, -0.15) is 0 Å². The highest BCUT2D eigenvalue weighted by Gasteiger charge is 2.27. The highest BCUT2D eigenvalue weighted by atomic mass is 32.1. The zero-order valence-corrected chi connectivity index (χ0v) is 21.8. The number of ketones is 1. The van der Waals surface area contributed by atoms with Gasteiger partial charge in [0.25, 0.3) is 0 Å². The van der Waals surface area contributed by atoms with Crippen LogP contribution in [0.3, 0.4) is 0 Å². The van der Waals surface area contributed by atoms with Gasteiger partial charge in [-0.1, -0.05) is 32.0 Å². The molecule has 0 saturated heterocycles. The van der Waals surface area contributed by atoms with Crippen molar-refractivity contribution in [2.24, 2.45) is 0 Å². The summed E-state index contributed by atoms with van der Waals surface area (Å²) in [5.74, 6) is 1.93. The lowest BCUT2D eigenvalue weighted by Gasteiger charge is -2.18. The van der Waals surface area contributed by atoms with Crippen LogP contribution >= 0.6 is 11.3 Å². The average molecular weight is 503 g/mol. The summed E-state index contributed by atoms with van der Waals surface area (Å²) in [5, 5.41) is 1.93. The number of hydrogen-bond acceptors (Lipinski definition) is 6. The van der Waals surface area contributed by atoms with E-state index in [1.807, 2.05) is 52.2 Å². The van der Waals surface area contributed by atoms with Gasteiger partial charge < -0.3 is 18.9 Å². The van der Waals surface area contributed by atoms with E-state index in [0.717, 1.165) is 48.6 Å². The van der Waals surface area contributed by atoms with E-state index in [0.29, 0.717) is 27.8 Å². The summed E-state index contributed by atoms with van der Waals surface area (Å²) in [6.45, 7) is 7.99. The van der Waals surface area contributed by atoms with Crippen molar-refractivity contribution < 1.29 is 14.3 Å². The predicted molar refractivity (Wildman–Crippen MR) is 145 cm³/mol. The highest BCUT2D eigenvalue weighted by Crippen LogP contribution is 2.36. The molecule has 5 aromatic rings. The molecular weight excluding hydrogens is 472 g/mol. The van der Waals surface area contributed by atoms with E-state index in [1.165, 1.54) is 11.3 Å². The largest absolute Gasteiger partial charge is 0.493 e. The molecule has 0 aliphatic heterocycles. The Hall–Kier alpha value is -3.62. The van der Waals surface area contributed by atoms with Gasteiger partial charge in [-0.3, -0.25) is 9.20 Å². The predicted octanol–water partition coefficient (Wildman–Crippen LogP) is 5.61. The van der Waals surface area contributed by atoms with Crippen LogP contribution in [0.25, 0.3) is 28.1 Å². The number of likely N-dealkylation sites (N-methyl/N-ethyl adjacent to an activating group) is 1. The number of methoxy groups -OCH3 is 2. The lowest BCUT2D eigenvalue weighted by atomic mass is 10.1. The molecule has 8 heteroatoms. The van der Waals surface area contributed by atoms with Gasteiger partial charge in [0.15, 0.2) is 11.5 Å². The van der Waals surface area contributed by atoms with E-state index in [9.17, 15) is 4.79 Å². The highest BCUT2D eigenvalue weighted by molar-refractivity contribution is 7.12. The molecule has 0 saturated carbocycles. The molecule has 0 amide bonds. The van der Waals surface area contributed by atoms with E-state index in [-0.39, 0.29) is 5.78 Å². The van der Waals surface area contributed by atoms with Crippen LogP contribution in [0.5, 0.6) is 11.5 Å². The normalized spacial score (nSPS) is 11.6. The molecule has 0 N–H and O–H groups in total. The SMILES string of the molecule is CCN(CC)CCn1c2ccccc2n2c(C(=O)c3cccs3)c(-c3ccc(OC)c(OC)c3)nc12. The second-order valence-corrected chi connectivity index (χ2v) is 9.44. The van der Waals surface area contributed by atoms with Crippen molar-refractivity contribution in [3.63, 3.8) is 0 Å². The second kappa shape index (κ2) is 10.2. The van der Waals surface area contributed by atoms with Crippen LogP contribution < -0.4 is 9.47 Å². The van der Waals surface area contributed by atoms with Crippen molar-refractivity contribution in [3.8, 4) is 22.8 Å². The zero-order valence-electron chi connectivity index (χ0n) is 21.0. The number of carbonyl (C=O) groups is 1. The number of para-hydroxylation sites is 2. The Labute approximate surface area is 214 Å². The molecule has 0 spiro atoms. The average Bonchev–Trinajstić information content (AvgIpc) is 3.65. The Morgan fingerprint density at radius 3 is 2.39 bits per heavy atom. The quantitative estimate of drug-likeness (QED) is 0.232. The van der Waals surface area contributed by atoms with Gasteiger partial charge in [0.1, 0.15) is 11.4 Å². The van der Waals surface area contributed by atoms with E-state index in [1.54, 1.807) is 14.2 Å². The first-order valence-corrected chi connectivity index (χ1v) is 13.0. The molecule has 0 unspecified atom stereocenters. The molecule has 3 aromatic heterocycles. The Morgan fingerprint density at radius 2 is 1.72 bits per heavy atom. The number of fused-ring (bicyclic) bond motifs is 3. The van der Waals surface area contributed by atoms with Crippen LogP contribution in [0.2, 0.25) is 0 Å². The van der Waals surface area contributed by atoms with Crippen molar-refractivity contribution in [2.75, 3.05) is 33.9 Å². The Balaban J connectivity index is 1.78. The Kier molecular flexibility index (Phi) is 6.80. The number of nitrogens with zero attached hydrogens (tertiary/aromatic N) is 4. The fraction of sp³-hybridized carbons (Fsp3) is 0.286. The summed E-state index contributed by atoms with van der Waals surface area (Å²) in [6.07, 6.45) is 0. The Morgan fingerprint density at radius 1 is 0.972 bits per heavy atom. The van der Waals surface area contributed by atoms with E-state index in [4.69, 9.17) is 14.5 Å². The van der Waals surface area contributed by atoms with Crippen molar-refractivity contribution in [1.29, 1.82) is 0 Å². The molecule has 2 aromatic carbocycles. The summed E-state index contributed by atoms with van der Waals surface area (Å²) >= 11 is 1.44. The topological polar surface area (TPSA) is 61.0 Å². The van der Waals surface area contributed by atoms with Gasteiger partial charge in [0.2, 0.25) is 11.6 Å². The first-order chi connectivity index (χ1) is 17.6. The van der Waals surface area contributed by atoms with Crippen LogP contribution in [0, 0.1) is 0 Å². The Bertz CT molecular complexity index is 1510. The van der Waals surface area contributed by atoms with Gasteiger partial charge in [-0.25, -0.2) is 4.98 Å². The summed E-state index contributed by atoms with van der Waals surface area (Å²) < 4.78 is 15.2. The van der Waals surface area contributed by atoms with Crippen LogP contribution in [0.15, 0.2) is 60.0 Å². The molecule has 7 nitrogen and oxygen atoms in total. The fourth-order valence-electron chi connectivity index (χ4n) is 4.73. The standard InChI is InChI=1S/C28H30N4O3S/c1-5-30(6-2)15-16-31-20-10-7-8-11-21(20)32-26(27(33)24-12-9-17-36-24)25(29-28(31)32)19-13-14-22(34-3)23(18-19)35-4/h7-14,17-18H,5-6,15-16H2,1-4H3. The minimum atomic E-state index is -0.0473. The summed E-state index contributed by atoms with van der Waals surface area (Å²) in [7, 11) is 3.22. The van der Waals surface area contributed by atoms with Gasteiger partial charge in [0.05, 0.1) is 30.1 Å². The monoisotopic (exact) mass is 502 g/mol. The number of imidazole rings is 2.